The summed E-state index contributed by atoms with van der Waals surface area (Å²) in [6, 6.07) is 11.8. The van der Waals surface area contributed by atoms with Crippen molar-refractivity contribution in [1.82, 2.24) is 14.8 Å². The van der Waals surface area contributed by atoms with Crippen molar-refractivity contribution in [1.29, 1.82) is 0 Å². The molecule has 0 saturated carbocycles. The lowest BCUT2D eigenvalue weighted by atomic mass is 10.2. The number of carbonyl (C=O) groups is 1. The molecule has 0 fully saturated rings. The Kier molecular flexibility index (Phi) is 6.68. The van der Waals surface area contributed by atoms with Gasteiger partial charge in [0, 0.05) is 24.2 Å². The molecular weight excluding hydrogens is 406 g/mol. The van der Waals surface area contributed by atoms with E-state index in [1.54, 1.807) is 25.3 Å². The second-order valence-corrected chi connectivity index (χ2v) is 7.34. The summed E-state index contributed by atoms with van der Waals surface area (Å²) >= 11 is 1.25. The number of nitro benzene ring substituents is 1. The monoisotopic (exact) mass is 427 g/mol. The van der Waals surface area contributed by atoms with Crippen molar-refractivity contribution in [2.24, 2.45) is 0 Å². The number of non-ortho nitro benzene ring substituents is 1. The molecule has 156 valence electrons. The number of ether oxygens (including phenoxy) is 1. The minimum absolute atomic E-state index is 0.0150. The average molecular weight is 427 g/mol. The lowest BCUT2D eigenvalue weighted by molar-refractivity contribution is -0.384. The number of carbonyl (C=O) groups excluding carboxylic acids is 1. The Balaban J connectivity index is 1.74. The Morgan fingerprint density at radius 1 is 1.27 bits per heavy atom. The minimum Gasteiger partial charge on any atom is -0.495 e. The highest BCUT2D eigenvalue weighted by Gasteiger charge is 2.17. The number of aromatic nitrogens is 3. The third kappa shape index (κ3) is 4.77. The molecule has 0 aliphatic carbocycles. The van der Waals surface area contributed by atoms with Crippen LogP contribution in [-0.4, -0.2) is 38.5 Å². The minimum atomic E-state index is -0.449. The molecule has 3 rings (SSSR count). The number of nitro groups is 1. The molecule has 0 aliphatic heterocycles. The van der Waals surface area contributed by atoms with E-state index in [1.165, 1.54) is 23.9 Å². The van der Waals surface area contributed by atoms with Gasteiger partial charge in [-0.2, -0.15) is 0 Å². The lowest BCUT2D eigenvalue weighted by Gasteiger charge is -2.11. The van der Waals surface area contributed by atoms with Crippen LogP contribution in [0.2, 0.25) is 0 Å². The lowest BCUT2D eigenvalue weighted by Crippen LogP contribution is -2.15. The summed E-state index contributed by atoms with van der Waals surface area (Å²) in [7, 11) is 1.55. The number of aryl methyl sites for hydroxylation is 1. The summed E-state index contributed by atoms with van der Waals surface area (Å²) in [5, 5.41) is 22.8. The zero-order valence-corrected chi connectivity index (χ0v) is 17.6. The maximum atomic E-state index is 12.4. The van der Waals surface area contributed by atoms with Crippen LogP contribution in [0.3, 0.4) is 0 Å². The quantitative estimate of drug-likeness (QED) is 0.329. The van der Waals surface area contributed by atoms with Gasteiger partial charge in [0.1, 0.15) is 5.75 Å². The van der Waals surface area contributed by atoms with Gasteiger partial charge < -0.3 is 14.6 Å². The highest BCUT2D eigenvalue weighted by Crippen LogP contribution is 2.28. The van der Waals surface area contributed by atoms with Crippen LogP contribution in [0.25, 0.3) is 11.4 Å². The summed E-state index contributed by atoms with van der Waals surface area (Å²) in [5.74, 6) is 1.03. The Hall–Kier alpha value is -3.40. The molecule has 0 unspecified atom stereocenters. The van der Waals surface area contributed by atoms with Gasteiger partial charge in [-0.15, -0.1) is 10.2 Å². The number of nitrogens with zero attached hydrogens (tertiary/aromatic N) is 4. The average Bonchev–Trinajstić information content (AvgIpc) is 3.15. The standard InChI is InChI=1S/C20H21N5O4S/c1-4-24-19(14-6-5-7-15(11-14)25(27)28)22-23-20(24)30-12-18(26)21-16-10-13(2)8-9-17(16)29-3/h5-11H,4,12H2,1-3H3,(H,21,26). The molecule has 10 heteroatoms. The zero-order chi connectivity index (χ0) is 21.7. The highest BCUT2D eigenvalue weighted by molar-refractivity contribution is 7.99. The molecular formula is C20H21N5O4S. The number of nitrogens with one attached hydrogen (secondary N) is 1. The molecule has 0 atom stereocenters. The number of anilines is 1. The molecule has 2 aromatic carbocycles. The van der Waals surface area contributed by atoms with Crippen molar-refractivity contribution >= 4 is 29.0 Å². The van der Waals surface area contributed by atoms with Crippen molar-refractivity contribution in [3.8, 4) is 17.1 Å². The van der Waals surface area contributed by atoms with E-state index in [4.69, 9.17) is 4.74 Å². The molecule has 1 aromatic heterocycles. The van der Waals surface area contributed by atoms with Crippen LogP contribution >= 0.6 is 11.8 Å². The van der Waals surface area contributed by atoms with Gasteiger partial charge in [0.15, 0.2) is 11.0 Å². The first kappa shape index (κ1) is 21.3. The summed E-state index contributed by atoms with van der Waals surface area (Å²) in [4.78, 5) is 23.0. The molecule has 1 heterocycles. The van der Waals surface area contributed by atoms with Gasteiger partial charge in [0.2, 0.25) is 5.91 Å². The first-order valence-electron chi connectivity index (χ1n) is 9.18. The molecule has 1 amide bonds. The molecule has 0 bridgehead atoms. The van der Waals surface area contributed by atoms with E-state index >= 15 is 0 Å². The molecule has 0 radical (unpaired) electrons. The largest absolute Gasteiger partial charge is 0.495 e. The number of methoxy groups -OCH3 is 1. The summed E-state index contributed by atoms with van der Waals surface area (Å²) in [6.45, 7) is 4.41. The van der Waals surface area contributed by atoms with E-state index in [9.17, 15) is 14.9 Å². The maximum absolute atomic E-state index is 12.4. The molecule has 30 heavy (non-hydrogen) atoms. The second-order valence-electron chi connectivity index (χ2n) is 6.40. The van der Waals surface area contributed by atoms with Gasteiger partial charge in [-0.3, -0.25) is 14.9 Å². The van der Waals surface area contributed by atoms with E-state index in [2.05, 4.69) is 15.5 Å². The van der Waals surface area contributed by atoms with Crippen LogP contribution in [0.4, 0.5) is 11.4 Å². The van der Waals surface area contributed by atoms with Crippen molar-refractivity contribution in [2.45, 2.75) is 25.5 Å². The molecule has 1 N–H and O–H groups in total. The summed E-state index contributed by atoms with van der Waals surface area (Å²) in [5.41, 5.74) is 2.20. The number of amides is 1. The third-order valence-corrected chi connectivity index (χ3v) is 5.28. The third-order valence-electron chi connectivity index (χ3n) is 4.31. The van der Waals surface area contributed by atoms with Gasteiger partial charge in [-0.1, -0.05) is 30.0 Å². The molecule has 3 aromatic rings. The van der Waals surface area contributed by atoms with Crippen molar-refractivity contribution < 1.29 is 14.5 Å². The second kappa shape index (κ2) is 9.40. The Labute approximate surface area is 177 Å². The van der Waals surface area contributed by atoms with Crippen molar-refractivity contribution in [2.75, 3.05) is 18.2 Å². The fourth-order valence-electron chi connectivity index (χ4n) is 2.89. The fourth-order valence-corrected chi connectivity index (χ4v) is 3.69. The van der Waals surface area contributed by atoms with Crippen LogP contribution in [0.15, 0.2) is 47.6 Å². The van der Waals surface area contributed by atoms with E-state index in [-0.39, 0.29) is 17.3 Å². The molecule has 0 saturated heterocycles. The van der Waals surface area contributed by atoms with E-state index < -0.39 is 4.92 Å². The highest BCUT2D eigenvalue weighted by atomic mass is 32.2. The predicted molar refractivity (Wildman–Crippen MR) is 115 cm³/mol. The van der Waals surface area contributed by atoms with Crippen LogP contribution in [0.5, 0.6) is 5.75 Å². The Morgan fingerprint density at radius 2 is 2.07 bits per heavy atom. The van der Waals surface area contributed by atoms with Gasteiger partial charge in [0.25, 0.3) is 5.69 Å². The normalized spacial score (nSPS) is 10.6. The number of hydrogen-bond acceptors (Lipinski definition) is 7. The van der Waals surface area contributed by atoms with Gasteiger partial charge in [0.05, 0.1) is 23.5 Å². The molecule has 9 nitrogen and oxygen atoms in total. The first-order valence-corrected chi connectivity index (χ1v) is 10.2. The van der Waals surface area contributed by atoms with Crippen molar-refractivity contribution in [3.63, 3.8) is 0 Å². The number of hydrogen-bond donors (Lipinski definition) is 1. The fraction of sp³-hybridized carbons (Fsp3) is 0.250. The van der Waals surface area contributed by atoms with Gasteiger partial charge >= 0.3 is 0 Å². The van der Waals surface area contributed by atoms with E-state index in [1.807, 2.05) is 30.5 Å². The smallest absolute Gasteiger partial charge is 0.270 e. The number of benzene rings is 2. The maximum Gasteiger partial charge on any atom is 0.270 e. The summed E-state index contributed by atoms with van der Waals surface area (Å²) < 4.78 is 7.11. The van der Waals surface area contributed by atoms with Crippen LogP contribution in [0.1, 0.15) is 12.5 Å². The number of thioether (sulfide) groups is 1. The van der Waals surface area contributed by atoms with Crippen LogP contribution in [-0.2, 0) is 11.3 Å². The SMILES string of the molecule is CCn1c(SCC(=O)Nc2cc(C)ccc2OC)nnc1-c1cccc([N+](=O)[O-])c1. The van der Waals surface area contributed by atoms with Crippen molar-refractivity contribution in [3.05, 3.63) is 58.1 Å². The van der Waals surface area contributed by atoms with Gasteiger partial charge in [-0.05, 0) is 31.5 Å². The van der Waals surface area contributed by atoms with Crippen LogP contribution < -0.4 is 10.1 Å². The van der Waals surface area contributed by atoms with E-state index in [0.29, 0.717) is 34.5 Å². The Morgan fingerprint density at radius 3 is 2.77 bits per heavy atom. The molecule has 0 spiro atoms. The Bertz CT molecular complexity index is 1080. The summed E-state index contributed by atoms with van der Waals surface area (Å²) in [6.07, 6.45) is 0. The van der Waals surface area contributed by atoms with Gasteiger partial charge in [-0.25, -0.2) is 0 Å². The predicted octanol–water partition coefficient (Wildman–Crippen LogP) is 3.92. The topological polar surface area (TPSA) is 112 Å². The number of rotatable bonds is 8. The van der Waals surface area contributed by atoms with E-state index in [0.717, 1.165) is 5.56 Å². The zero-order valence-electron chi connectivity index (χ0n) is 16.8. The van der Waals surface area contributed by atoms with Crippen LogP contribution in [0, 0.1) is 17.0 Å². The first-order chi connectivity index (χ1) is 14.4. The molecule has 0 aliphatic rings.